The number of likely N-dealkylation sites (N-methyl/N-ethyl adjacent to an activating group) is 1. The number of hydrogen-bond acceptors (Lipinski definition) is 2. The second-order valence-corrected chi connectivity index (χ2v) is 4.07. The molecule has 0 N–H and O–H groups in total. The van der Waals surface area contributed by atoms with Crippen LogP contribution in [0, 0.1) is 0 Å². The first-order chi connectivity index (χ1) is 7.65. The fourth-order valence-electron chi connectivity index (χ4n) is 2.10. The highest BCUT2D eigenvalue weighted by Gasteiger charge is 2.23. The van der Waals surface area contributed by atoms with E-state index < -0.39 is 0 Å². The molecule has 0 aromatic rings. The number of hydrogen-bond donors (Lipinski definition) is 0. The van der Waals surface area contributed by atoms with E-state index in [1.165, 1.54) is 26.2 Å². The van der Waals surface area contributed by atoms with E-state index in [2.05, 4.69) is 37.5 Å². The minimum atomic E-state index is 0.707. The van der Waals surface area contributed by atoms with Crippen LogP contribution in [-0.2, 0) is 0 Å². The maximum Gasteiger partial charge on any atom is 0.0198 e. The highest BCUT2D eigenvalue weighted by atomic mass is 15.3. The molecule has 0 bridgehead atoms. The monoisotopic (exact) mass is 230 g/mol. The third-order valence-corrected chi connectivity index (χ3v) is 2.87. The lowest BCUT2D eigenvalue weighted by Crippen LogP contribution is -2.53. The van der Waals surface area contributed by atoms with Gasteiger partial charge in [0.15, 0.2) is 0 Å². The zero-order valence-electron chi connectivity index (χ0n) is 12.9. The van der Waals surface area contributed by atoms with Crippen molar-refractivity contribution in [1.82, 2.24) is 9.80 Å². The van der Waals surface area contributed by atoms with Gasteiger partial charge < -0.3 is 4.90 Å². The quantitative estimate of drug-likeness (QED) is 0.717. The van der Waals surface area contributed by atoms with E-state index in [0.29, 0.717) is 6.04 Å². The summed E-state index contributed by atoms with van der Waals surface area (Å²) >= 11 is 0. The Balaban J connectivity index is 0. The third kappa shape index (κ3) is 6.49. The minimum absolute atomic E-state index is 0.707. The van der Waals surface area contributed by atoms with E-state index in [-0.39, 0.29) is 0 Å². The van der Waals surface area contributed by atoms with Gasteiger partial charge in [-0.05, 0) is 27.3 Å². The first-order valence-electron chi connectivity index (χ1n) is 7.13. The molecule has 1 saturated heterocycles. The molecular weight excluding hydrogens is 196 g/mol. The summed E-state index contributed by atoms with van der Waals surface area (Å²) in [6.07, 6.45) is 0. The summed E-state index contributed by atoms with van der Waals surface area (Å²) < 4.78 is 0. The predicted molar refractivity (Wildman–Crippen MR) is 76.1 cm³/mol. The Bertz CT molecular complexity index is 135. The minimum Gasteiger partial charge on any atom is -0.301 e. The molecule has 16 heavy (non-hydrogen) atoms. The first kappa shape index (κ1) is 18.3. The van der Waals surface area contributed by atoms with Gasteiger partial charge in [-0.1, -0.05) is 34.6 Å². The molecule has 0 radical (unpaired) electrons. The van der Waals surface area contributed by atoms with E-state index >= 15 is 0 Å². The Morgan fingerprint density at radius 3 is 1.88 bits per heavy atom. The first-order valence-corrected chi connectivity index (χ1v) is 7.13. The lowest BCUT2D eigenvalue weighted by molar-refractivity contribution is 0.0633. The summed E-state index contributed by atoms with van der Waals surface area (Å²) in [5.74, 6) is 0. The molecule has 1 heterocycles. The Kier molecular flexibility index (Phi) is 13.0. The van der Waals surface area contributed by atoms with Gasteiger partial charge in [-0.15, -0.1) is 0 Å². The number of rotatable bonds is 2. The largest absolute Gasteiger partial charge is 0.301 e. The summed E-state index contributed by atoms with van der Waals surface area (Å²) in [7, 11) is 0. The molecule has 2 nitrogen and oxygen atoms in total. The molecule has 0 spiro atoms. The van der Waals surface area contributed by atoms with Gasteiger partial charge in [-0.3, -0.25) is 4.90 Å². The van der Waals surface area contributed by atoms with Crippen LogP contribution < -0.4 is 0 Å². The molecule has 0 aliphatic carbocycles. The molecule has 1 aliphatic rings. The van der Waals surface area contributed by atoms with Crippen LogP contribution in [0.4, 0.5) is 0 Å². The fraction of sp³-hybridized carbons (Fsp3) is 1.00. The van der Waals surface area contributed by atoms with E-state index in [0.717, 1.165) is 6.04 Å². The Labute approximate surface area is 104 Å². The predicted octanol–water partition coefficient (Wildman–Crippen LogP) is 3.47. The van der Waals surface area contributed by atoms with Crippen molar-refractivity contribution >= 4 is 0 Å². The fourth-order valence-corrected chi connectivity index (χ4v) is 2.10. The molecule has 0 unspecified atom stereocenters. The summed E-state index contributed by atoms with van der Waals surface area (Å²) in [5, 5.41) is 0. The average molecular weight is 230 g/mol. The van der Waals surface area contributed by atoms with Crippen molar-refractivity contribution in [3.8, 4) is 0 Å². The normalized spacial score (nSPS) is 21.9. The standard InChI is InChI=1S/C10H22N2.2C2H6/c1-5-11-6-7-12(9(2)3)10(4)8-11;2*1-2/h9-10H,5-8H2,1-4H3;2*1-2H3/t10-;;/m1../s1. The SMILES string of the molecule is CC.CC.CCN1CCN(C(C)C)[C@H](C)C1. The Morgan fingerprint density at radius 1 is 1.06 bits per heavy atom. The zero-order valence-corrected chi connectivity index (χ0v) is 12.9. The van der Waals surface area contributed by atoms with Gasteiger partial charge in [0.1, 0.15) is 0 Å². The average Bonchev–Trinajstić information content (AvgIpc) is 2.33. The summed E-state index contributed by atoms with van der Waals surface area (Å²) in [4.78, 5) is 5.12. The second-order valence-electron chi connectivity index (χ2n) is 4.07. The van der Waals surface area contributed by atoms with E-state index in [4.69, 9.17) is 0 Å². The van der Waals surface area contributed by atoms with Crippen LogP contribution in [0.1, 0.15) is 55.4 Å². The lowest BCUT2D eigenvalue weighted by atomic mass is 10.1. The van der Waals surface area contributed by atoms with E-state index in [9.17, 15) is 0 Å². The van der Waals surface area contributed by atoms with Gasteiger partial charge in [0.25, 0.3) is 0 Å². The van der Waals surface area contributed by atoms with Gasteiger partial charge in [-0.2, -0.15) is 0 Å². The molecule has 1 fully saturated rings. The Hall–Kier alpha value is -0.0800. The van der Waals surface area contributed by atoms with Crippen LogP contribution >= 0.6 is 0 Å². The Morgan fingerprint density at radius 2 is 1.56 bits per heavy atom. The molecular formula is C14H34N2. The van der Waals surface area contributed by atoms with E-state index in [1.54, 1.807) is 0 Å². The number of piperazine rings is 1. The van der Waals surface area contributed by atoms with Crippen LogP contribution in [0.25, 0.3) is 0 Å². The molecule has 2 heteroatoms. The smallest absolute Gasteiger partial charge is 0.0198 e. The van der Waals surface area contributed by atoms with Gasteiger partial charge in [0, 0.05) is 31.7 Å². The van der Waals surface area contributed by atoms with Crippen molar-refractivity contribution in [2.24, 2.45) is 0 Å². The maximum absolute atomic E-state index is 2.59. The molecule has 0 amide bonds. The second kappa shape index (κ2) is 11.4. The highest BCUT2D eigenvalue weighted by Crippen LogP contribution is 2.11. The number of nitrogens with zero attached hydrogens (tertiary/aromatic N) is 2. The molecule has 0 aromatic heterocycles. The summed E-state index contributed by atoms with van der Waals surface area (Å²) in [6, 6.07) is 1.44. The molecule has 1 aliphatic heterocycles. The third-order valence-electron chi connectivity index (χ3n) is 2.87. The van der Waals surface area contributed by atoms with Crippen LogP contribution in [0.15, 0.2) is 0 Å². The van der Waals surface area contributed by atoms with Crippen LogP contribution in [0.5, 0.6) is 0 Å². The molecule has 0 saturated carbocycles. The van der Waals surface area contributed by atoms with Crippen molar-refractivity contribution in [1.29, 1.82) is 0 Å². The van der Waals surface area contributed by atoms with Gasteiger partial charge >= 0.3 is 0 Å². The van der Waals surface area contributed by atoms with Crippen molar-refractivity contribution in [2.45, 2.75) is 67.5 Å². The van der Waals surface area contributed by atoms with Crippen LogP contribution in [-0.4, -0.2) is 48.1 Å². The topological polar surface area (TPSA) is 6.48 Å². The molecule has 100 valence electrons. The van der Waals surface area contributed by atoms with Gasteiger partial charge in [-0.25, -0.2) is 0 Å². The highest BCUT2D eigenvalue weighted by molar-refractivity contribution is 4.80. The van der Waals surface area contributed by atoms with Crippen LogP contribution in [0.2, 0.25) is 0 Å². The maximum atomic E-state index is 2.59. The van der Waals surface area contributed by atoms with Crippen molar-refractivity contribution < 1.29 is 0 Å². The molecule has 0 aromatic carbocycles. The molecule has 1 rings (SSSR count). The van der Waals surface area contributed by atoms with Crippen molar-refractivity contribution in [3.05, 3.63) is 0 Å². The van der Waals surface area contributed by atoms with Crippen molar-refractivity contribution in [3.63, 3.8) is 0 Å². The van der Waals surface area contributed by atoms with Gasteiger partial charge in [0.2, 0.25) is 0 Å². The van der Waals surface area contributed by atoms with Crippen LogP contribution in [0.3, 0.4) is 0 Å². The molecule has 1 atom stereocenters. The summed E-state index contributed by atoms with van der Waals surface area (Å²) in [5.41, 5.74) is 0. The van der Waals surface area contributed by atoms with Crippen molar-refractivity contribution in [2.75, 3.05) is 26.2 Å². The summed E-state index contributed by atoms with van der Waals surface area (Å²) in [6.45, 7) is 22.1. The van der Waals surface area contributed by atoms with E-state index in [1.807, 2.05) is 27.7 Å². The zero-order chi connectivity index (χ0) is 13.1. The lowest BCUT2D eigenvalue weighted by Gasteiger charge is -2.41. The van der Waals surface area contributed by atoms with Gasteiger partial charge in [0.05, 0.1) is 0 Å².